The van der Waals surface area contributed by atoms with Crippen LogP contribution in [0.4, 0.5) is 11.4 Å². The largest absolute Gasteiger partial charge is 0.467 e. The first kappa shape index (κ1) is 26.7. The van der Waals surface area contributed by atoms with E-state index in [2.05, 4.69) is 16.0 Å². The number of nitrogens with one attached hydrogen (secondary N) is 3. The maximum atomic E-state index is 13.6. The Morgan fingerprint density at radius 3 is 2.33 bits per heavy atom. The molecule has 3 rings (SSSR count). The topological polar surface area (TPSA) is 121 Å². The smallest absolute Gasteiger partial charge is 0.261 e. The lowest BCUT2D eigenvalue weighted by atomic mass is 10.0. The highest BCUT2D eigenvalue weighted by molar-refractivity contribution is 7.12. The van der Waals surface area contributed by atoms with Gasteiger partial charge in [-0.15, -0.1) is 11.3 Å². The molecule has 2 aromatic heterocycles. The lowest BCUT2D eigenvalue weighted by Crippen LogP contribution is -2.52. The van der Waals surface area contributed by atoms with E-state index in [0.29, 0.717) is 22.7 Å². The van der Waals surface area contributed by atoms with Gasteiger partial charge in [0.05, 0.1) is 17.7 Å². The van der Waals surface area contributed by atoms with E-state index < -0.39 is 23.4 Å². The molecule has 0 fully saturated rings. The highest BCUT2D eigenvalue weighted by atomic mass is 32.1. The van der Waals surface area contributed by atoms with E-state index in [0.717, 1.165) is 0 Å². The van der Waals surface area contributed by atoms with Crippen molar-refractivity contribution < 1.29 is 23.6 Å². The first-order chi connectivity index (χ1) is 17.1. The number of furan rings is 1. The average molecular weight is 511 g/mol. The van der Waals surface area contributed by atoms with Crippen LogP contribution < -0.4 is 20.9 Å². The minimum absolute atomic E-state index is 0.235. The van der Waals surface area contributed by atoms with E-state index in [-0.39, 0.29) is 24.1 Å². The lowest BCUT2D eigenvalue weighted by Gasteiger charge is -2.33. The van der Waals surface area contributed by atoms with Crippen molar-refractivity contribution in [2.45, 2.75) is 45.7 Å². The Morgan fingerprint density at radius 2 is 1.78 bits per heavy atom. The van der Waals surface area contributed by atoms with Crippen LogP contribution in [0.1, 0.15) is 55.6 Å². The molecule has 0 radical (unpaired) electrons. The van der Waals surface area contributed by atoms with Gasteiger partial charge >= 0.3 is 0 Å². The van der Waals surface area contributed by atoms with Crippen molar-refractivity contribution in [3.8, 4) is 0 Å². The second-order valence-electron chi connectivity index (χ2n) is 8.80. The number of benzene rings is 1. The number of thiophene rings is 1. The Morgan fingerprint density at radius 1 is 1.06 bits per heavy atom. The van der Waals surface area contributed by atoms with Crippen molar-refractivity contribution in [1.82, 2.24) is 10.6 Å². The molecule has 0 aliphatic heterocycles. The fraction of sp³-hybridized carbons (Fsp3) is 0.308. The molecular formula is C26H30N4O5S. The van der Waals surface area contributed by atoms with Crippen LogP contribution in [0.3, 0.4) is 0 Å². The van der Waals surface area contributed by atoms with Crippen LogP contribution in [0.2, 0.25) is 0 Å². The Labute approximate surface area is 213 Å². The molecule has 1 atom stereocenters. The number of carbonyl (C=O) groups is 4. The molecule has 9 nitrogen and oxygen atoms in total. The molecule has 1 aromatic carbocycles. The van der Waals surface area contributed by atoms with E-state index in [1.165, 1.54) is 29.4 Å². The molecule has 10 heteroatoms. The Kier molecular flexibility index (Phi) is 8.65. The van der Waals surface area contributed by atoms with Gasteiger partial charge in [0, 0.05) is 23.8 Å². The van der Waals surface area contributed by atoms with Crippen LogP contribution >= 0.6 is 11.3 Å². The van der Waals surface area contributed by atoms with Gasteiger partial charge in [-0.2, -0.15) is 0 Å². The van der Waals surface area contributed by atoms with Gasteiger partial charge < -0.3 is 20.4 Å². The standard InChI is InChI=1S/C26H30N4O5S/c1-5-26(3,4)29-25(34)23(20-8-6-14-35-20)30(19-12-10-18(11-13-19)28-17(2)31)22(32)16-27-24(33)21-9-7-15-36-21/h6-15,23H,5,16H2,1-4H3,(H,27,33)(H,28,31)(H,29,34). The maximum Gasteiger partial charge on any atom is 0.261 e. The minimum Gasteiger partial charge on any atom is -0.467 e. The molecular weight excluding hydrogens is 480 g/mol. The van der Waals surface area contributed by atoms with Crippen molar-refractivity contribution in [3.63, 3.8) is 0 Å². The van der Waals surface area contributed by atoms with E-state index in [4.69, 9.17) is 4.42 Å². The highest BCUT2D eigenvalue weighted by Crippen LogP contribution is 2.30. The van der Waals surface area contributed by atoms with Crippen LogP contribution in [0.25, 0.3) is 0 Å². The van der Waals surface area contributed by atoms with E-state index in [1.54, 1.807) is 53.9 Å². The van der Waals surface area contributed by atoms with E-state index in [1.807, 2.05) is 20.8 Å². The SMILES string of the molecule is CCC(C)(C)NC(=O)C(c1ccco1)N(C(=O)CNC(=O)c1cccs1)c1ccc(NC(C)=O)cc1. The maximum absolute atomic E-state index is 13.6. The summed E-state index contributed by atoms with van der Waals surface area (Å²) in [6, 6.07) is 12.1. The number of anilines is 2. The number of rotatable bonds is 10. The van der Waals surface area contributed by atoms with E-state index in [9.17, 15) is 19.2 Å². The molecule has 0 bridgehead atoms. The normalized spacial score (nSPS) is 11.9. The van der Waals surface area contributed by atoms with Gasteiger partial charge in [0.15, 0.2) is 6.04 Å². The molecule has 0 aliphatic carbocycles. The summed E-state index contributed by atoms with van der Waals surface area (Å²) in [7, 11) is 0. The molecule has 3 aromatic rings. The molecule has 0 saturated carbocycles. The molecule has 190 valence electrons. The third-order valence-electron chi connectivity index (χ3n) is 5.54. The lowest BCUT2D eigenvalue weighted by molar-refractivity contribution is -0.128. The zero-order valence-electron chi connectivity index (χ0n) is 20.7. The molecule has 0 spiro atoms. The van der Waals surface area contributed by atoms with Crippen molar-refractivity contribution in [3.05, 3.63) is 70.8 Å². The van der Waals surface area contributed by atoms with Gasteiger partial charge in [-0.25, -0.2) is 0 Å². The summed E-state index contributed by atoms with van der Waals surface area (Å²) in [6.07, 6.45) is 2.10. The van der Waals surface area contributed by atoms with Crippen molar-refractivity contribution >= 4 is 46.3 Å². The predicted molar refractivity (Wildman–Crippen MR) is 139 cm³/mol. The third-order valence-corrected chi connectivity index (χ3v) is 6.41. The fourth-order valence-electron chi connectivity index (χ4n) is 3.39. The van der Waals surface area contributed by atoms with Crippen molar-refractivity contribution in [2.75, 3.05) is 16.8 Å². The summed E-state index contributed by atoms with van der Waals surface area (Å²) in [5.41, 5.74) is 0.403. The summed E-state index contributed by atoms with van der Waals surface area (Å²) >= 11 is 1.26. The summed E-state index contributed by atoms with van der Waals surface area (Å²) < 4.78 is 5.58. The van der Waals surface area contributed by atoms with Crippen LogP contribution in [0, 0.1) is 0 Å². The molecule has 0 saturated heterocycles. The van der Waals surface area contributed by atoms with Crippen LogP contribution in [-0.4, -0.2) is 35.7 Å². The van der Waals surface area contributed by atoms with Crippen LogP contribution in [-0.2, 0) is 14.4 Å². The number of carbonyl (C=O) groups excluding carboxylic acids is 4. The summed E-state index contributed by atoms with van der Waals surface area (Å²) in [6.45, 7) is 6.78. The van der Waals surface area contributed by atoms with Crippen molar-refractivity contribution in [2.24, 2.45) is 0 Å². The average Bonchev–Trinajstić information content (AvgIpc) is 3.55. The van der Waals surface area contributed by atoms with Gasteiger partial charge in [0.25, 0.3) is 11.8 Å². The highest BCUT2D eigenvalue weighted by Gasteiger charge is 2.36. The summed E-state index contributed by atoms with van der Waals surface area (Å²) in [4.78, 5) is 52.8. The Hall–Kier alpha value is -3.92. The summed E-state index contributed by atoms with van der Waals surface area (Å²) in [5, 5.41) is 10.1. The second kappa shape index (κ2) is 11.7. The molecule has 36 heavy (non-hydrogen) atoms. The molecule has 4 amide bonds. The van der Waals surface area contributed by atoms with Crippen LogP contribution in [0.15, 0.2) is 64.6 Å². The zero-order chi connectivity index (χ0) is 26.3. The summed E-state index contributed by atoms with van der Waals surface area (Å²) in [5.74, 6) is -1.30. The quantitative estimate of drug-likeness (QED) is 0.379. The number of nitrogens with zero attached hydrogens (tertiary/aromatic N) is 1. The monoisotopic (exact) mass is 510 g/mol. The fourth-order valence-corrected chi connectivity index (χ4v) is 4.03. The zero-order valence-corrected chi connectivity index (χ0v) is 21.5. The second-order valence-corrected chi connectivity index (χ2v) is 9.74. The van der Waals surface area contributed by atoms with Crippen LogP contribution in [0.5, 0.6) is 0 Å². The number of hydrogen-bond acceptors (Lipinski definition) is 6. The number of hydrogen-bond donors (Lipinski definition) is 3. The van der Waals surface area contributed by atoms with Crippen molar-refractivity contribution in [1.29, 1.82) is 0 Å². The first-order valence-corrected chi connectivity index (χ1v) is 12.4. The van der Waals surface area contributed by atoms with Gasteiger partial charge in [0.1, 0.15) is 5.76 Å². The van der Waals surface area contributed by atoms with Gasteiger partial charge in [-0.1, -0.05) is 13.0 Å². The Bertz CT molecular complexity index is 1190. The number of amides is 4. The van der Waals surface area contributed by atoms with E-state index >= 15 is 0 Å². The molecule has 0 aliphatic rings. The van der Waals surface area contributed by atoms with Gasteiger partial charge in [-0.3, -0.25) is 24.1 Å². The minimum atomic E-state index is -1.14. The third kappa shape index (κ3) is 6.82. The van der Waals surface area contributed by atoms with Gasteiger partial charge in [0.2, 0.25) is 11.8 Å². The molecule has 1 unspecified atom stereocenters. The predicted octanol–water partition coefficient (Wildman–Crippen LogP) is 4.11. The van der Waals surface area contributed by atoms with Gasteiger partial charge in [-0.05, 0) is 68.1 Å². The first-order valence-electron chi connectivity index (χ1n) is 11.5. The molecule has 2 heterocycles. The Balaban J connectivity index is 1.98. The molecule has 3 N–H and O–H groups in total.